The van der Waals surface area contributed by atoms with Crippen molar-refractivity contribution in [2.24, 2.45) is 4.99 Å². The number of nitrogens with zero attached hydrogens (tertiary/aromatic N) is 2. The zero-order chi connectivity index (χ0) is 19.6. The van der Waals surface area contributed by atoms with Gasteiger partial charge >= 0.3 is 10.1 Å². The molecule has 0 saturated carbocycles. The van der Waals surface area contributed by atoms with Gasteiger partial charge in [-0.1, -0.05) is 30.3 Å². The first-order valence-corrected chi connectivity index (χ1v) is 11.1. The van der Waals surface area contributed by atoms with Crippen LogP contribution in [-0.2, 0) is 14.9 Å². The van der Waals surface area contributed by atoms with Crippen molar-refractivity contribution >= 4 is 39.0 Å². The molecular formula is C20H18N2O4S2. The van der Waals surface area contributed by atoms with Crippen LogP contribution in [0.1, 0.15) is 18.4 Å². The van der Waals surface area contributed by atoms with Crippen molar-refractivity contribution in [2.75, 3.05) is 13.1 Å². The van der Waals surface area contributed by atoms with Crippen LogP contribution in [0.15, 0.2) is 69.4 Å². The Balaban J connectivity index is 1.45. The number of carbonyl (C=O) groups excluding carboxylic acids is 1. The first-order valence-electron chi connectivity index (χ1n) is 8.88. The zero-order valence-electron chi connectivity index (χ0n) is 14.9. The van der Waals surface area contributed by atoms with Crippen molar-refractivity contribution in [3.05, 3.63) is 65.1 Å². The van der Waals surface area contributed by atoms with Crippen molar-refractivity contribution in [2.45, 2.75) is 17.7 Å². The van der Waals surface area contributed by atoms with Crippen LogP contribution in [-0.4, -0.2) is 37.5 Å². The standard InChI is InChI=1S/C20H18N2O4S2/c23-19-18(27-20(21-19)22-12-4-5-13-22)14-15-8-10-16(11-9-15)26-28(24,25)17-6-2-1-3-7-17/h1-3,6-11,14H,4-5,12-13H2/b18-14+. The highest BCUT2D eigenvalue weighted by molar-refractivity contribution is 8.18. The van der Waals surface area contributed by atoms with Gasteiger partial charge in [0, 0.05) is 13.1 Å². The molecule has 0 atom stereocenters. The van der Waals surface area contributed by atoms with E-state index in [9.17, 15) is 13.2 Å². The van der Waals surface area contributed by atoms with Gasteiger partial charge in [-0.3, -0.25) is 4.79 Å². The van der Waals surface area contributed by atoms with Gasteiger partial charge in [0.2, 0.25) is 0 Å². The Hall–Kier alpha value is -2.58. The van der Waals surface area contributed by atoms with Gasteiger partial charge in [-0.2, -0.15) is 13.4 Å². The largest absolute Gasteiger partial charge is 0.379 e. The fourth-order valence-electron chi connectivity index (χ4n) is 2.97. The third-order valence-corrected chi connectivity index (χ3v) is 6.71. The van der Waals surface area contributed by atoms with Gasteiger partial charge in [0.1, 0.15) is 10.6 Å². The average molecular weight is 415 g/mol. The molecule has 2 heterocycles. The quantitative estimate of drug-likeness (QED) is 0.563. The van der Waals surface area contributed by atoms with E-state index in [1.165, 1.54) is 23.9 Å². The highest BCUT2D eigenvalue weighted by Gasteiger charge is 2.27. The summed E-state index contributed by atoms with van der Waals surface area (Å²) in [5.74, 6) is -0.0238. The van der Waals surface area contributed by atoms with Gasteiger partial charge in [0.05, 0.1) is 4.91 Å². The summed E-state index contributed by atoms with van der Waals surface area (Å²) < 4.78 is 29.7. The molecule has 0 N–H and O–H groups in total. The topological polar surface area (TPSA) is 76.0 Å². The Kier molecular flexibility index (Phi) is 5.23. The van der Waals surface area contributed by atoms with Crippen molar-refractivity contribution in [1.82, 2.24) is 4.90 Å². The van der Waals surface area contributed by atoms with E-state index in [0.717, 1.165) is 36.7 Å². The van der Waals surface area contributed by atoms with Gasteiger partial charge in [-0.15, -0.1) is 0 Å². The number of amides is 1. The Labute approximate surface area is 168 Å². The monoisotopic (exact) mass is 414 g/mol. The SMILES string of the molecule is O=C1N=C(N2CCCC2)S/C1=C/c1ccc(OS(=O)(=O)c2ccccc2)cc1. The minimum atomic E-state index is -3.87. The summed E-state index contributed by atoms with van der Waals surface area (Å²) in [6.07, 6.45) is 4.01. The smallest absolute Gasteiger partial charge is 0.339 e. The molecule has 1 amide bonds. The van der Waals surface area contributed by atoms with Crippen LogP contribution in [0.4, 0.5) is 0 Å². The molecule has 2 aliphatic rings. The number of benzene rings is 2. The number of hydrogen-bond donors (Lipinski definition) is 0. The van der Waals surface area contributed by atoms with E-state index in [1.807, 2.05) is 0 Å². The van der Waals surface area contributed by atoms with E-state index in [4.69, 9.17) is 4.18 Å². The van der Waals surface area contributed by atoms with E-state index in [1.54, 1.807) is 48.5 Å². The maximum absolute atomic E-state index is 12.3. The third kappa shape index (κ3) is 4.13. The molecule has 2 aromatic rings. The van der Waals surface area contributed by atoms with Crippen LogP contribution >= 0.6 is 11.8 Å². The average Bonchev–Trinajstić information content (AvgIpc) is 3.34. The predicted octanol–water partition coefficient (Wildman–Crippen LogP) is 3.52. The van der Waals surface area contributed by atoms with Crippen molar-refractivity contribution in [3.8, 4) is 5.75 Å². The number of thioether (sulfide) groups is 1. The molecule has 0 aromatic heterocycles. The second-order valence-corrected chi connectivity index (χ2v) is 8.98. The molecular weight excluding hydrogens is 396 g/mol. The van der Waals surface area contributed by atoms with E-state index < -0.39 is 10.1 Å². The van der Waals surface area contributed by atoms with Crippen LogP contribution in [0.2, 0.25) is 0 Å². The molecule has 0 bridgehead atoms. The molecule has 2 aliphatic heterocycles. The molecule has 144 valence electrons. The summed E-state index contributed by atoms with van der Waals surface area (Å²) >= 11 is 1.38. The molecule has 1 saturated heterocycles. The number of amidine groups is 1. The lowest BCUT2D eigenvalue weighted by Gasteiger charge is -2.14. The van der Waals surface area contributed by atoms with Crippen LogP contribution in [0.25, 0.3) is 6.08 Å². The molecule has 4 rings (SSSR count). The lowest BCUT2D eigenvalue weighted by atomic mass is 10.2. The Morgan fingerprint density at radius 1 is 1.00 bits per heavy atom. The molecule has 0 aliphatic carbocycles. The Morgan fingerprint density at radius 3 is 2.36 bits per heavy atom. The fraction of sp³-hybridized carbons (Fsp3) is 0.200. The summed E-state index contributed by atoms with van der Waals surface area (Å²) in [7, 11) is -3.87. The van der Waals surface area contributed by atoms with Crippen LogP contribution in [0.5, 0.6) is 5.75 Å². The normalized spacial score (nSPS) is 18.6. The number of rotatable bonds is 4. The van der Waals surface area contributed by atoms with Crippen molar-refractivity contribution in [3.63, 3.8) is 0 Å². The van der Waals surface area contributed by atoms with Gasteiger partial charge in [-0.25, -0.2) is 0 Å². The van der Waals surface area contributed by atoms with E-state index in [-0.39, 0.29) is 16.6 Å². The highest BCUT2D eigenvalue weighted by atomic mass is 32.2. The van der Waals surface area contributed by atoms with Crippen LogP contribution in [0.3, 0.4) is 0 Å². The molecule has 8 heteroatoms. The van der Waals surface area contributed by atoms with E-state index >= 15 is 0 Å². The number of carbonyl (C=O) groups is 1. The van der Waals surface area contributed by atoms with Crippen molar-refractivity contribution < 1.29 is 17.4 Å². The minimum absolute atomic E-state index is 0.0979. The number of hydrogen-bond acceptors (Lipinski definition) is 6. The van der Waals surface area contributed by atoms with Gasteiger partial charge in [0.15, 0.2) is 5.17 Å². The molecule has 0 radical (unpaired) electrons. The molecule has 2 aromatic carbocycles. The second kappa shape index (κ2) is 7.81. The van der Waals surface area contributed by atoms with Gasteiger partial charge in [0.25, 0.3) is 5.91 Å². The van der Waals surface area contributed by atoms with Crippen LogP contribution in [0, 0.1) is 0 Å². The summed E-state index contributed by atoms with van der Waals surface area (Å²) in [5.41, 5.74) is 0.776. The maximum atomic E-state index is 12.3. The first-order chi connectivity index (χ1) is 13.5. The van der Waals surface area contributed by atoms with Crippen molar-refractivity contribution in [1.29, 1.82) is 0 Å². The summed E-state index contributed by atoms with van der Waals surface area (Å²) in [6.45, 7) is 1.88. The predicted molar refractivity (Wildman–Crippen MR) is 110 cm³/mol. The summed E-state index contributed by atoms with van der Waals surface area (Å²) in [6, 6.07) is 14.5. The zero-order valence-corrected chi connectivity index (χ0v) is 16.6. The molecule has 0 spiro atoms. The highest BCUT2D eigenvalue weighted by Crippen LogP contribution is 2.32. The summed E-state index contributed by atoms with van der Waals surface area (Å²) in [5, 5.41) is 0.766. The molecule has 0 unspecified atom stereocenters. The number of aliphatic imine (C=N–C) groups is 1. The minimum Gasteiger partial charge on any atom is -0.379 e. The molecule has 1 fully saturated rings. The first kappa shape index (κ1) is 18.8. The summed E-state index contributed by atoms with van der Waals surface area (Å²) in [4.78, 5) is 19.1. The van der Waals surface area contributed by atoms with Crippen LogP contribution < -0.4 is 4.18 Å². The number of likely N-dealkylation sites (tertiary alicyclic amines) is 1. The van der Waals surface area contributed by atoms with Gasteiger partial charge in [-0.05, 0) is 60.5 Å². The second-order valence-electron chi connectivity index (χ2n) is 6.42. The lowest BCUT2D eigenvalue weighted by Crippen LogP contribution is -2.23. The van der Waals surface area contributed by atoms with E-state index in [0.29, 0.717) is 4.91 Å². The van der Waals surface area contributed by atoms with E-state index in [2.05, 4.69) is 9.89 Å². The maximum Gasteiger partial charge on any atom is 0.339 e. The van der Waals surface area contributed by atoms with Gasteiger partial charge < -0.3 is 9.08 Å². The fourth-order valence-corrected chi connectivity index (χ4v) is 4.89. The third-order valence-electron chi connectivity index (χ3n) is 4.40. The Bertz CT molecular complexity index is 1040. The Morgan fingerprint density at radius 2 is 1.68 bits per heavy atom. The lowest BCUT2D eigenvalue weighted by molar-refractivity contribution is -0.113. The molecule has 28 heavy (non-hydrogen) atoms. The molecule has 6 nitrogen and oxygen atoms in total.